The Hall–Kier alpha value is -1.91. The van der Waals surface area contributed by atoms with Crippen molar-refractivity contribution < 1.29 is 19.1 Å². The van der Waals surface area contributed by atoms with E-state index in [9.17, 15) is 14.4 Å². The minimum absolute atomic E-state index is 0.240. The van der Waals surface area contributed by atoms with Gasteiger partial charge in [0.1, 0.15) is 0 Å². The topological polar surface area (TPSA) is 63.7 Å². The lowest BCUT2D eigenvalue weighted by Gasteiger charge is -2.23. The fourth-order valence-electron chi connectivity index (χ4n) is 2.40. The van der Waals surface area contributed by atoms with E-state index < -0.39 is 12.2 Å². The van der Waals surface area contributed by atoms with Crippen LogP contribution in [-0.2, 0) is 19.1 Å². The number of amides is 2. The second-order valence-electron chi connectivity index (χ2n) is 4.93. The van der Waals surface area contributed by atoms with Crippen LogP contribution in [0.15, 0.2) is 23.3 Å². The highest BCUT2D eigenvalue weighted by Crippen LogP contribution is 2.34. The Morgan fingerprint density at radius 1 is 1.21 bits per heavy atom. The van der Waals surface area contributed by atoms with Gasteiger partial charge in [-0.25, -0.2) is 9.69 Å². The summed E-state index contributed by atoms with van der Waals surface area (Å²) in [7, 11) is 0. The second kappa shape index (κ2) is 4.99. The molecule has 0 saturated heterocycles. The highest BCUT2D eigenvalue weighted by Gasteiger charge is 2.42. The molecule has 0 aromatic rings. The van der Waals surface area contributed by atoms with E-state index in [1.165, 1.54) is 13.8 Å². The number of ether oxygens (including phenoxy) is 1. The average Bonchev–Trinajstić information content (AvgIpc) is 2.62. The van der Waals surface area contributed by atoms with Gasteiger partial charge in [-0.3, -0.25) is 9.59 Å². The molecule has 5 heteroatoms. The largest absolute Gasteiger partial charge is 0.438 e. The number of imide groups is 1. The Morgan fingerprint density at radius 3 is 2.11 bits per heavy atom. The van der Waals surface area contributed by atoms with Crippen molar-refractivity contribution >= 4 is 17.8 Å². The third-order valence-corrected chi connectivity index (χ3v) is 3.41. The molecule has 1 aliphatic heterocycles. The fraction of sp³-hybridized carbons (Fsp3) is 0.500. The summed E-state index contributed by atoms with van der Waals surface area (Å²) in [4.78, 5) is 36.8. The number of carbonyl (C=O) groups excluding carboxylic acids is 3. The highest BCUT2D eigenvalue weighted by atomic mass is 16.6. The van der Waals surface area contributed by atoms with Gasteiger partial charge in [-0.2, -0.15) is 0 Å². The maximum absolute atomic E-state index is 12.2. The van der Waals surface area contributed by atoms with Crippen molar-refractivity contribution in [1.29, 1.82) is 0 Å². The van der Waals surface area contributed by atoms with Gasteiger partial charge in [0.05, 0.1) is 0 Å². The quantitative estimate of drug-likeness (QED) is 0.441. The second-order valence-corrected chi connectivity index (χ2v) is 4.93. The molecule has 19 heavy (non-hydrogen) atoms. The summed E-state index contributed by atoms with van der Waals surface area (Å²) in [5.41, 5.74) is 1.42. The van der Waals surface area contributed by atoms with Crippen LogP contribution in [0.25, 0.3) is 0 Å². The Bertz CT molecular complexity index is 476. The summed E-state index contributed by atoms with van der Waals surface area (Å²) in [6.07, 6.45) is 2.22. The zero-order valence-corrected chi connectivity index (χ0v) is 11.2. The van der Waals surface area contributed by atoms with Crippen molar-refractivity contribution in [3.8, 4) is 0 Å². The Labute approximate surface area is 111 Å². The number of carbonyl (C=O) groups is 3. The first-order chi connectivity index (χ1) is 8.93. The smallest absolute Gasteiger partial charge is 0.335 e. The van der Waals surface area contributed by atoms with Crippen LogP contribution in [-0.4, -0.2) is 28.9 Å². The van der Waals surface area contributed by atoms with E-state index in [1.54, 1.807) is 0 Å². The van der Waals surface area contributed by atoms with Gasteiger partial charge in [0.25, 0.3) is 11.8 Å². The van der Waals surface area contributed by atoms with Crippen molar-refractivity contribution in [2.75, 3.05) is 0 Å². The first kappa shape index (κ1) is 13.5. The van der Waals surface area contributed by atoms with Crippen LogP contribution in [0.2, 0.25) is 0 Å². The molecule has 1 unspecified atom stereocenters. The minimum atomic E-state index is -0.894. The molecular formula is C14H17NO4. The summed E-state index contributed by atoms with van der Waals surface area (Å²) in [6, 6.07) is 0. The van der Waals surface area contributed by atoms with E-state index in [0.29, 0.717) is 24.0 Å². The zero-order valence-electron chi connectivity index (χ0n) is 11.2. The number of esters is 1. The summed E-state index contributed by atoms with van der Waals surface area (Å²) in [6.45, 7) is 6.51. The summed E-state index contributed by atoms with van der Waals surface area (Å²) < 4.78 is 5.06. The Kier molecular flexibility index (Phi) is 3.55. The molecule has 0 spiro atoms. The Morgan fingerprint density at radius 2 is 1.68 bits per heavy atom. The van der Waals surface area contributed by atoms with Crippen LogP contribution in [0.4, 0.5) is 0 Å². The summed E-state index contributed by atoms with van der Waals surface area (Å²) in [5, 5.41) is 0. The van der Waals surface area contributed by atoms with Gasteiger partial charge in [0.2, 0.25) is 0 Å². The predicted molar refractivity (Wildman–Crippen MR) is 67.7 cm³/mol. The SMILES string of the molecule is C=C(C)C(=O)OC(C)N1C(=O)C2=C(CCCC2)C1=O. The number of hydrogen-bond acceptors (Lipinski definition) is 4. The first-order valence-electron chi connectivity index (χ1n) is 6.40. The fourth-order valence-corrected chi connectivity index (χ4v) is 2.40. The number of rotatable bonds is 3. The van der Waals surface area contributed by atoms with Crippen LogP contribution in [0, 0.1) is 0 Å². The van der Waals surface area contributed by atoms with Crippen molar-refractivity contribution in [1.82, 2.24) is 4.90 Å². The van der Waals surface area contributed by atoms with Gasteiger partial charge in [-0.1, -0.05) is 6.58 Å². The molecule has 1 heterocycles. The third-order valence-electron chi connectivity index (χ3n) is 3.41. The third kappa shape index (κ3) is 2.32. The number of hydrogen-bond donors (Lipinski definition) is 0. The van der Waals surface area contributed by atoms with Crippen LogP contribution in [0.3, 0.4) is 0 Å². The maximum Gasteiger partial charge on any atom is 0.335 e. The van der Waals surface area contributed by atoms with Crippen molar-refractivity contribution in [3.63, 3.8) is 0 Å². The molecule has 0 radical (unpaired) electrons. The van der Waals surface area contributed by atoms with E-state index in [-0.39, 0.29) is 17.4 Å². The van der Waals surface area contributed by atoms with Gasteiger partial charge in [-0.15, -0.1) is 0 Å². The van der Waals surface area contributed by atoms with Crippen LogP contribution >= 0.6 is 0 Å². The lowest BCUT2D eigenvalue weighted by Crippen LogP contribution is -2.42. The van der Waals surface area contributed by atoms with Crippen molar-refractivity contribution in [3.05, 3.63) is 23.3 Å². The molecule has 0 N–H and O–H groups in total. The molecule has 0 saturated carbocycles. The van der Waals surface area contributed by atoms with Gasteiger partial charge in [-0.05, 0) is 39.5 Å². The molecule has 2 aliphatic rings. The van der Waals surface area contributed by atoms with Crippen LogP contribution in [0.1, 0.15) is 39.5 Å². The molecule has 2 rings (SSSR count). The van der Waals surface area contributed by atoms with Crippen molar-refractivity contribution in [2.24, 2.45) is 0 Å². The predicted octanol–water partition coefficient (Wildman–Crippen LogP) is 1.69. The molecule has 0 bridgehead atoms. The molecule has 1 aliphatic carbocycles. The monoisotopic (exact) mass is 263 g/mol. The molecule has 0 aromatic heterocycles. The van der Waals surface area contributed by atoms with E-state index >= 15 is 0 Å². The number of nitrogens with zero attached hydrogens (tertiary/aromatic N) is 1. The van der Waals surface area contributed by atoms with Crippen molar-refractivity contribution in [2.45, 2.75) is 45.8 Å². The van der Waals surface area contributed by atoms with E-state index in [1.807, 2.05) is 0 Å². The standard InChI is InChI=1S/C14H17NO4/c1-8(2)14(18)19-9(3)15-12(16)10-6-4-5-7-11(10)13(15)17/h9H,1,4-7H2,2-3H3. The normalized spacial score (nSPS) is 20.4. The zero-order chi connectivity index (χ0) is 14.2. The van der Waals surface area contributed by atoms with E-state index in [2.05, 4.69) is 6.58 Å². The molecule has 0 fully saturated rings. The van der Waals surface area contributed by atoms with Gasteiger partial charge >= 0.3 is 5.97 Å². The molecule has 102 valence electrons. The first-order valence-corrected chi connectivity index (χ1v) is 6.40. The molecule has 5 nitrogen and oxygen atoms in total. The molecular weight excluding hydrogens is 246 g/mol. The molecule has 2 amide bonds. The van der Waals surface area contributed by atoms with Gasteiger partial charge < -0.3 is 4.74 Å². The van der Waals surface area contributed by atoms with Gasteiger partial charge in [0.15, 0.2) is 6.23 Å². The highest BCUT2D eigenvalue weighted by molar-refractivity contribution is 6.19. The minimum Gasteiger partial charge on any atom is -0.438 e. The molecule has 0 aromatic carbocycles. The average molecular weight is 263 g/mol. The van der Waals surface area contributed by atoms with Crippen LogP contribution < -0.4 is 0 Å². The van der Waals surface area contributed by atoms with E-state index in [4.69, 9.17) is 4.74 Å². The lowest BCUT2D eigenvalue weighted by atomic mass is 9.93. The summed E-state index contributed by atoms with van der Waals surface area (Å²) in [5.74, 6) is -1.23. The lowest BCUT2D eigenvalue weighted by molar-refractivity contribution is -0.161. The van der Waals surface area contributed by atoms with E-state index in [0.717, 1.165) is 17.7 Å². The summed E-state index contributed by atoms with van der Waals surface area (Å²) >= 11 is 0. The maximum atomic E-state index is 12.2. The van der Waals surface area contributed by atoms with Gasteiger partial charge in [0, 0.05) is 16.7 Å². The Balaban J connectivity index is 2.15. The molecule has 1 atom stereocenters. The van der Waals surface area contributed by atoms with Crippen LogP contribution in [0.5, 0.6) is 0 Å².